The summed E-state index contributed by atoms with van der Waals surface area (Å²) in [6.45, 7) is 18.4. The minimum atomic E-state index is -1.33. The van der Waals surface area contributed by atoms with E-state index >= 15 is 0 Å². The van der Waals surface area contributed by atoms with E-state index in [0.717, 1.165) is 46.2 Å². The van der Waals surface area contributed by atoms with Gasteiger partial charge in [-0.05, 0) is 71.5 Å². The van der Waals surface area contributed by atoms with Gasteiger partial charge in [0.05, 0.1) is 6.10 Å². The van der Waals surface area contributed by atoms with Gasteiger partial charge in [-0.3, -0.25) is 4.79 Å². The van der Waals surface area contributed by atoms with E-state index in [-0.39, 0.29) is 28.8 Å². The number of ether oxygens (including phenoxy) is 1. The first-order valence-corrected chi connectivity index (χ1v) is 20.0. The standard InChI is InChI=1S/C40H55NO3Si/c1-39(2,3)32-23-22-28(37(44-45(7)8)26-33(40(4,5)6)27-16-10-9-11-17-27)24-34(32)41-38(42)25-31-29-18-12-14-20-35(29)43-36-21-15-13-19-30(31)36/h12-15,18-24,27,31,33,37,45H,9-11,16-17,25-26H2,1-8H3,(H,41,42). The molecule has 1 saturated carbocycles. The Morgan fingerprint density at radius 1 is 0.889 bits per heavy atom. The maximum atomic E-state index is 14.0. The maximum Gasteiger partial charge on any atom is 0.225 e. The highest BCUT2D eigenvalue weighted by Crippen LogP contribution is 2.47. The van der Waals surface area contributed by atoms with Crippen LogP contribution in [0, 0.1) is 17.3 Å². The number of para-hydroxylation sites is 2. The molecule has 1 aliphatic heterocycles. The highest BCUT2D eigenvalue weighted by atomic mass is 28.3. The van der Waals surface area contributed by atoms with Gasteiger partial charge in [-0.2, -0.15) is 0 Å². The van der Waals surface area contributed by atoms with Gasteiger partial charge >= 0.3 is 0 Å². The molecule has 4 nitrogen and oxygen atoms in total. The summed E-state index contributed by atoms with van der Waals surface area (Å²) in [7, 11) is -1.33. The zero-order chi connectivity index (χ0) is 32.4. The molecule has 0 spiro atoms. The summed E-state index contributed by atoms with van der Waals surface area (Å²) in [6.07, 6.45) is 8.12. The number of hydrogen-bond donors (Lipinski definition) is 1. The number of rotatable bonds is 9. The maximum absolute atomic E-state index is 14.0. The molecule has 242 valence electrons. The van der Waals surface area contributed by atoms with Gasteiger partial charge in [0.25, 0.3) is 0 Å². The van der Waals surface area contributed by atoms with Crippen LogP contribution in [0.2, 0.25) is 13.1 Å². The van der Waals surface area contributed by atoms with Crippen LogP contribution in [0.5, 0.6) is 11.5 Å². The van der Waals surface area contributed by atoms with Gasteiger partial charge < -0.3 is 14.5 Å². The Labute approximate surface area is 274 Å². The van der Waals surface area contributed by atoms with E-state index in [1.807, 2.05) is 36.4 Å². The fourth-order valence-electron chi connectivity index (χ4n) is 7.75. The van der Waals surface area contributed by atoms with Crippen LogP contribution in [0.25, 0.3) is 0 Å². The predicted molar refractivity (Wildman–Crippen MR) is 190 cm³/mol. The SMILES string of the molecule is C[SiH](C)OC(CC(C1CCCCC1)C(C)(C)C)c1ccc(C(C)(C)C)c(NC(=O)CC2c3ccccc3Oc3ccccc32)c1. The van der Waals surface area contributed by atoms with Crippen molar-refractivity contribution in [2.45, 2.75) is 117 Å². The van der Waals surface area contributed by atoms with Crippen LogP contribution >= 0.6 is 0 Å². The molecular weight excluding hydrogens is 571 g/mol. The van der Waals surface area contributed by atoms with Crippen LogP contribution < -0.4 is 10.1 Å². The van der Waals surface area contributed by atoms with Gasteiger partial charge in [0.15, 0.2) is 9.04 Å². The molecule has 3 aromatic carbocycles. The number of carbonyl (C=O) groups excluding carboxylic acids is 1. The Morgan fingerprint density at radius 2 is 1.49 bits per heavy atom. The van der Waals surface area contributed by atoms with Crippen LogP contribution in [0.15, 0.2) is 66.7 Å². The third-order valence-corrected chi connectivity index (χ3v) is 10.8. The van der Waals surface area contributed by atoms with Crippen molar-refractivity contribution in [3.63, 3.8) is 0 Å². The first-order valence-electron chi connectivity index (χ1n) is 17.3. The van der Waals surface area contributed by atoms with Crippen LogP contribution in [0.1, 0.15) is 121 Å². The summed E-state index contributed by atoms with van der Waals surface area (Å²) in [5.41, 5.74) is 5.44. The molecule has 0 bridgehead atoms. The van der Waals surface area contributed by atoms with Crippen molar-refractivity contribution in [2.75, 3.05) is 5.32 Å². The monoisotopic (exact) mass is 625 g/mol. The second-order valence-electron chi connectivity index (χ2n) is 15.8. The van der Waals surface area contributed by atoms with Gasteiger partial charge in [0.1, 0.15) is 11.5 Å². The van der Waals surface area contributed by atoms with Crippen LogP contribution in [-0.2, 0) is 14.6 Å². The molecule has 1 amide bonds. The molecule has 1 aliphatic carbocycles. The Bertz CT molecular complexity index is 1420. The van der Waals surface area contributed by atoms with Crippen molar-refractivity contribution in [3.05, 3.63) is 89.0 Å². The summed E-state index contributed by atoms with van der Waals surface area (Å²) in [6, 6.07) is 22.9. The molecule has 3 aromatic rings. The van der Waals surface area contributed by atoms with Crippen molar-refractivity contribution in [3.8, 4) is 11.5 Å². The van der Waals surface area contributed by atoms with Crippen LogP contribution in [-0.4, -0.2) is 14.9 Å². The molecule has 1 fully saturated rings. The Kier molecular flexibility index (Phi) is 10.3. The molecule has 5 heteroatoms. The highest BCUT2D eigenvalue weighted by molar-refractivity contribution is 6.48. The Morgan fingerprint density at radius 3 is 2.04 bits per heavy atom. The first kappa shape index (κ1) is 33.5. The summed E-state index contributed by atoms with van der Waals surface area (Å²) in [4.78, 5) is 14.0. The zero-order valence-corrected chi connectivity index (χ0v) is 30.1. The molecule has 2 aliphatic rings. The Hall–Kier alpha value is -2.89. The lowest BCUT2D eigenvalue weighted by molar-refractivity contribution is -0.116. The van der Waals surface area contributed by atoms with E-state index in [1.165, 1.54) is 37.7 Å². The van der Waals surface area contributed by atoms with Crippen molar-refractivity contribution in [2.24, 2.45) is 17.3 Å². The van der Waals surface area contributed by atoms with Crippen molar-refractivity contribution >= 4 is 20.6 Å². The molecule has 0 saturated heterocycles. The number of hydrogen-bond acceptors (Lipinski definition) is 3. The summed E-state index contributed by atoms with van der Waals surface area (Å²) < 4.78 is 13.1. The van der Waals surface area contributed by atoms with Gasteiger partial charge in [-0.15, -0.1) is 0 Å². The van der Waals surface area contributed by atoms with Crippen LogP contribution in [0.4, 0.5) is 5.69 Å². The average Bonchev–Trinajstić information content (AvgIpc) is 2.98. The highest BCUT2D eigenvalue weighted by Gasteiger charge is 2.36. The van der Waals surface area contributed by atoms with E-state index in [2.05, 4.69) is 90.3 Å². The molecule has 0 aromatic heterocycles. The quantitative estimate of drug-likeness (QED) is 0.241. The van der Waals surface area contributed by atoms with Gasteiger partial charge in [0, 0.05) is 29.2 Å². The van der Waals surface area contributed by atoms with Gasteiger partial charge in [-0.25, -0.2) is 0 Å². The number of carbonyl (C=O) groups is 1. The molecule has 5 rings (SSSR count). The lowest BCUT2D eigenvalue weighted by Crippen LogP contribution is -2.32. The normalized spacial score (nSPS) is 17.3. The minimum absolute atomic E-state index is 0.0135. The molecule has 1 N–H and O–H groups in total. The fraction of sp³-hybridized carbons (Fsp3) is 0.525. The molecule has 1 heterocycles. The lowest BCUT2D eigenvalue weighted by Gasteiger charge is -2.41. The van der Waals surface area contributed by atoms with Crippen LogP contribution in [0.3, 0.4) is 0 Å². The summed E-state index contributed by atoms with van der Waals surface area (Å²) >= 11 is 0. The topological polar surface area (TPSA) is 47.6 Å². The van der Waals surface area contributed by atoms with Gasteiger partial charge in [0.2, 0.25) is 5.91 Å². The smallest absolute Gasteiger partial charge is 0.225 e. The predicted octanol–water partition coefficient (Wildman–Crippen LogP) is 10.9. The summed E-state index contributed by atoms with van der Waals surface area (Å²) in [5.74, 6) is 2.94. The second kappa shape index (κ2) is 13.8. The first-order chi connectivity index (χ1) is 21.3. The number of benzene rings is 3. The Balaban J connectivity index is 1.45. The van der Waals surface area contributed by atoms with Crippen molar-refractivity contribution in [1.29, 1.82) is 0 Å². The van der Waals surface area contributed by atoms with Gasteiger partial charge in [-0.1, -0.05) is 122 Å². The van der Waals surface area contributed by atoms with Crippen molar-refractivity contribution in [1.82, 2.24) is 0 Å². The molecule has 0 radical (unpaired) electrons. The molecule has 2 unspecified atom stereocenters. The second-order valence-corrected chi connectivity index (χ2v) is 18.2. The third kappa shape index (κ3) is 8.10. The molecular formula is C40H55NO3Si. The zero-order valence-electron chi connectivity index (χ0n) is 28.9. The number of nitrogens with one attached hydrogen (secondary N) is 1. The van der Waals surface area contributed by atoms with E-state index in [0.29, 0.717) is 12.3 Å². The third-order valence-electron chi connectivity index (χ3n) is 9.93. The average molecular weight is 626 g/mol. The largest absolute Gasteiger partial charge is 0.457 e. The summed E-state index contributed by atoms with van der Waals surface area (Å²) in [5, 5.41) is 3.40. The van der Waals surface area contributed by atoms with Crippen molar-refractivity contribution < 1.29 is 14.0 Å². The van der Waals surface area contributed by atoms with E-state index < -0.39 is 9.04 Å². The molecule has 45 heavy (non-hydrogen) atoms. The fourth-order valence-corrected chi connectivity index (χ4v) is 8.68. The number of anilines is 1. The number of fused-ring (bicyclic) bond motifs is 2. The molecule has 2 atom stereocenters. The van der Waals surface area contributed by atoms with E-state index in [1.54, 1.807) is 0 Å². The lowest BCUT2D eigenvalue weighted by atomic mass is 9.66. The minimum Gasteiger partial charge on any atom is -0.457 e. The van der Waals surface area contributed by atoms with E-state index in [4.69, 9.17) is 9.16 Å². The van der Waals surface area contributed by atoms with E-state index in [9.17, 15) is 4.79 Å². The number of amides is 1.